The third-order valence-corrected chi connectivity index (χ3v) is 5.55. The van der Waals surface area contributed by atoms with Gasteiger partial charge in [0.25, 0.3) is 5.91 Å². The van der Waals surface area contributed by atoms with Crippen molar-refractivity contribution >= 4 is 29.1 Å². The van der Waals surface area contributed by atoms with Crippen LogP contribution in [0.2, 0.25) is 0 Å². The van der Waals surface area contributed by atoms with Crippen LogP contribution in [0.4, 0.5) is 5.69 Å². The minimum absolute atomic E-state index is 0.0313. The Kier molecular flexibility index (Phi) is 6.54. The molecule has 4 rings (SSSR count). The highest BCUT2D eigenvalue weighted by atomic mass is 16.5. The van der Waals surface area contributed by atoms with Gasteiger partial charge in [-0.2, -0.15) is 0 Å². The Morgan fingerprint density at radius 1 is 0.853 bits per heavy atom. The quantitative estimate of drug-likeness (QED) is 0.420. The largest absolute Gasteiger partial charge is 0.493 e. The average molecular weight is 457 g/mol. The van der Waals surface area contributed by atoms with Crippen molar-refractivity contribution in [3.8, 4) is 5.75 Å². The highest BCUT2D eigenvalue weighted by Crippen LogP contribution is 2.32. The van der Waals surface area contributed by atoms with Gasteiger partial charge in [-0.15, -0.1) is 0 Å². The van der Waals surface area contributed by atoms with Crippen LogP contribution >= 0.6 is 0 Å². The molecule has 3 aromatic rings. The van der Waals surface area contributed by atoms with E-state index in [1.807, 2.05) is 31.2 Å². The third kappa shape index (κ3) is 4.59. The highest BCUT2D eigenvalue weighted by molar-refractivity contribution is 6.30. The van der Waals surface area contributed by atoms with Crippen LogP contribution in [0.1, 0.15) is 50.8 Å². The molecule has 0 spiro atoms. The van der Waals surface area contributed by atoms with Crippen LogP contribution in [0.15, 0.2) is 66.7 Å². The van der Waals surface area contributed by atoms with Gasteiger partial charge in [-0.3, -0.25) is 19.2 Å². The van der Waals surface area contributed by atoms with Gasteiger partial charge in [0.2, 0.25) is 0 Å². The van der Waals surface area contributed by atoms with Gasteiger partial charge < -0.3 is 14.8 Å². The molecule has 172 valence electrons. The molecule has 1 unspecified atom stereocenters. The first-order valence-corrected chi connectivity index (χ1v) is 10.9. The second-order valence-electron chi connectivity index (χ2n) is 7.92. The van der Waals surface area contributed by atoms with Crippen LogP contribution in [0.3, 0.4) is 0 Å². The number of ether oxygens (including phenoxy) is 2. The second kappa shape index (κ2) is 9.70. The van der Waals surface area contributed by atoms with E-state index in [1.54, 1.807) is 42.5 Å². The number of esters is 1. The normalized spacial score (nSPS) is 12.9. The van der Waals surface area contributed by atoms with E-state index in [0.717, 1.165) is 5.56 Å². The van der Waals surface area contributed by atoms with Gasteiger partial charge >= 0.3 is 5.97 Å². The molecule has 0 heterocycles. The molecule has 0 bridgehead atoms. The molecule has 7 heteroatoms. The molecule has 0 saturated heterocycles. The van der Waals surface area contributed by atoms with E-state index in [4.69, 9.17) is 9.47 Å². The number of benzene rings is 3. The molecule has 3 aromatic carbocycles. The van der Waals surface area contributed by atoms with Gasteiger partial charge in [0.15, 0.2) is 17.7 Å². The number of fused-ring (bicyclic) bond motifs is 2. The number of para-hydroxylation sites is 1. The molecule has 1 aliphatic rings. The van der Waals surface area contributed by atoms with Crippen molar-refractivity contribution in [2.75, 3.05) is 11.9 Å². The number of amides is 1. The van der Waals surface area contributed by atoms with Crippen LogP contribution in [0, 0.1) is 6.92 Å². The molecule has 0 aliphatic heterocycles. The third-order valence-electron chi connectivity index (χ3n) is 5.55. The van der Waals surface area contributed by atoms with Crippen molar-refractivity contribution < 1.29 is 28.7 Å². The summed E-state index contributed by atoms with van der Waals surface area (Å²) in [5.74, 6) is -1.16. The summed E-state index contributed by atoms with van der Waals surface area (Å²) >= 11 is 0. The first-order valence-electron chi connectivity index (χ1n) is 10.9. The van der Waals surface area contributed by atoms with E-state index in [0.29, 0.717) is 11.3 Å². The molecule has 0 fully saturated rings. The van der Waals surface area contributed by atoms with E-state index < -0.39 is 18.0 Å². The summed E-state index contributed by atoms with van der Waals surface area (Å²) in [6.07, 6.45) is -1.14. The smallest absolute Gasteiger partial charge is 0.310 e. The zero-order valence-corrected chi connectivity index (χ0v) is 18.8. The van der Waals surface area contributed by atoms with E-state index in [9.17, 15) is 19.2 Å². The molecule has 7 nitrogen and oxygen atoms in total. The van der Waals surface area contributed by atoms with E-state index in [-0.39, 0.29) is 47.0 Å². The van der Waals surface area contributed by atoms with Crippen LogP contribution in [-0.2, 0) is 14.3 Å². The molecule has 1 N–H and O–H groups in total. The van der Waals surface area contributed by atoms with Gasteiger partial charge in [0.05, 0.1) is 24.3 Å². The molecule has 0 radical (unpaired) electrons. The summed E-state index contributed by atoms with van der Waals surface area (Å²) in [5.41, 5.74) is 2.12. The van der Waals surface area contributed by atoms with Gasteiger partial charge in [0.1, 0.15) is 5.75 Å². The number of carbonyl (C=O) groups excluding carboxylic acids is 4. The van der Waals surface area contributed by atoms with Crippen molar-refractivity contribution in [1.29, 1.82) is 0 Å². The summed E-state index contributed by atoms with van der Waals surface area (Å²) in [7, 11) is 0. The second-order valence-corrected chi connectivity index (χ2v) is 7.92. The number of carbonyl (C=O) groups is 4. The average Bonchev–Trinajstić information content (AvgIpc) is 2.83. The number of aryl methyl sites for hydroxylation is 1. The van der Waals surface area contributed by atoms with Crippen molar-refractivity contribution in [2.24, 2.45) is 0 Å². The summed E-state index contributed by atoms with van der Waals surface area (Å²) in [4.78, 5) is 50.8. The topological polar surface area (TPSA) is 98.8 Å². The Bertz CT molecular complexity index is 1300. The maximum absolute atomic E-state index is 13.1. The highest BCUT2D eigenvalue weighted by Gasteiger charge is 2.32. The van der Waals surface area contributed by atoms with Gasteiger partial charge in [0, 0.05) is 16.7 Å². The van der Waals surface area contributed by atoms with Gasteiger partial charge in [-0.05, 0) is 31.5 Å². The lowest BCUT2D eigenvalue weighted by Crippen LogP contribution is -2.31. The van der Waals surface area contributed by atoms with Crippen LogP contribution in [0.25, 0.3) is 0 Å². The van der Waals surface area contributed by atoms with Crippen LogP contribution in [0.5, 0.6) is 5.75 Å². The Balaban J connectivity index is 1.39. The lowest BCUT2D eigenvalue weighted by molar-refractivity contribution is -0.153. The van der Waals surface area contributed by atoms with Crippen molar-refractivity contribution in [3.05, 3.63) is 94.5 Å². The van der Waals surface area contributed by atoms with E-state index >= 15 is 0 Å². The molecular formula is C27H23NO6. The summed E-state index contributed by atoms with van der Waals surface area (Å²) in [6, 6.07) is 18.7. The van der Waals surface area contributed by atoms with Gasteiger partial charge in [-0.1, -0.05) is 54.6 Å². The molecule has 0 aromatic heterocycles. The SMILES string of the molecule is Cc1ccccc1OCCC(=O)OC(C)C(=O)Nc1cccc2c1C(=O)c1ccccc1C2=O. The summed E-state index contributed by atoms with van der Waals surface area (Å²) < 4.78 is 10.8. The molecule has 1 amide bonds. The van der Waals surface area contributed by atoms with Crippen LogP contribution < -0.4 is 10.1 Å². The molecular weight excluding hydrogens is 434 g/mol. The monoisotopic (exact) mass is 457 g/mol. The number of ketones is 2. The molecule has 1 atom stereocenters. The minimum Gasteiger partial charge on any atom is -0.493 e. The number of hydrogen-bond donors (Lipinski definition) is 1. The Labute approximate surface area is 196 Å². The zero-order valence-electron chi connectivity index (χ0n) is 18.8. The fraction of sp³-hybridized carbons (Fsp3) is 0.185. The first kappa shape index (κ1) is 22.9. The number of hydrogen-bond acceptors (Lipinski definition) is 6. The fourth-order valence-corrected chi connectivity index (χ4v) is 3.76. The standard InChI is InChI=1S/C27H23NO6/c1-16-8-3-6-13-22(16)33-15-14-23(29)34-17(2)27(32)28-21-12-7-11-20-24(21)26(31)19-10-5-4-9-18(19)25(20)30/h3-13,17H,14-15H2,1-2H3,(H,28,32). The van der Waals surface area contributed by atoms with E-state index in [1.165, 1.54) is 6.92 Å². The first-order chi connectivity index (χ1) is 16.4. The Morgan fingerprint density at radius 2 is 1.50 bits per heavy atom. The fourth-order valence-electron chi connectivity index (χ4n) is 3.76. The predicted octanol–water partition coefficient (Wildman–Crippen LogP) is 4.11. The summed E-state index contributed by atoms with van der Waals surface area (Å²) in [6.45, 7) is 3.45. The van der Waals surface area contributed by atoms with Gasteiger partial charge in [-0.25, -0.2) is 0 Å². The summed E-state index contributed by atoms with van der Waals surface area (Å²) in [5, 5.41) is 2.63. The number of rotatable bonds is 7. The van der Waals surface area contributed by atoms with Crippen molar-refractivity contribution in [1.82, 2.24) is 0 Å². The number of anilines is 1. The molecule has 34 heavy (non-hydrogen) atoms. The lowest BCUT2D eigenvalue weighted by Gasteiger charge is -2.21. The lowest BCUT2D eigenvalue weighted by atomic mass is 9.83. The van der Waals surface area contributed by atoms with Crippen molar-refractivity contribution in [2.45, 2.75) is 26.4 Å². The Hall–Kier alpha value is -4.26. The minimum atomic E-state index is -1.11. The Morgan fingerprint density at radius 3 is 2.24 bits per heavy atom. The maximum atomic E-state index is 13.1. The zero-order chi connectivity index (χ0) is 24.2. The number of nitrogens with one attached hydrogen (secondary N) is 1. The maximum Gasteiger partial charge on any atom is 0.310 e. The van der Waals surface area contributed by atoms with Crippen molar-refractivity contribution in [3.63, 3.8) is 0 Å². The van der Waals surface area contributed by atoms with E-state index in [2.05, 4.69) is 5.32 Å². The molecule has 1 aliphatic carbocycles. The predicted molar refractivity (Wildman–Crippen MR) is 125 cm³/mol. The van der Waals surface area contributed by atoms with Crippen LogP contribution in [-0.4, -0.2) is 36.2 Å². The molecule has 0 saturated carbocycles.